The summed E-state index contributed by atoms with van der Waals surface area (Å²) in [6.45, 7) is -0.154. The molecule has 0 unspecified atom stereocenters. The molecule has 3 rings (SSSR count). The van der Waals surface area contributed by atoms with Gasteiger partial charge in [-0.05, 0) is 24.3 Å². The zero-order valence-corrected chi connectivity index (χ0v) is 13.8. The zero-order valence-electron chi connectivity index (χ0n) is 13.8. The number of rotatable bonds is 5. The molecule has 2 aromatic carbocycles. The summed E-state index contributed by atoms with van der Waals surface area (Å²) in [5.41, 5.74) is 7.11. The fourth-order valence-electron chi connectivity index (χ4n) is 2.40. The van der Waals surface area contributed by atoms with Crippen LogP contribution in [0.4, 0.5) is 5.69 Å². The van der Waals surface area contributed by atoms with Crippen LogP contribution in [0.5, 0.6) is 0 Å². The minimum Gasteiger partial charge on any atom is -0.366 e. The van der Waals surface area contributed by atoms with Gasteiger partial charge in [0.2, 0.25) is 11.8 Å². The fourth-order valence-corrected chi connectivity index (χ4v) is 2.40. The first kappa shape index (κ1) is 17.1. The number of carbonyl (C=O) groups is 2. The van der Waals surface area contributed by atoms with E-state index in [-0.39, 0.29) is 18.0 Å². The number of primary amides is 1. The van der Waals surface area contributed by atoms with Gasteiger partial charge in [0.25, 0.3) is 5.56 Å². The first-order valence-corrected chi connectivity index (χ1v) is 7.84. The number of nitrogens with zero attached hydrogens (tertiary/aromatic N) is 2. The van der Waals surface area contributed by atoms with Gasteiger partial charge in [0.15, 0.2) is 0 Å². The Bertz CT molecular complexity index is 995. The van der Waals surface area contributed by atoms with Crippen LogP contribution in [-0.4, -0.2) is 21.4 Å². The lowest BCUT2D eigenvalue weighted by Crippen LogP contribution is -2.27. The number of nitrogens with one attached hydrogen (secondary N) is 1. The van der Waals surface area contributed by atoms with E-state index >= 15 is 0 Å². The Morgan fingerprint density at radius 3 is 2.38 bits per heavy atom. The quantitative estimate of drug-likeness (QED) is 0.731. The molecule has 0 aliphatic carbocycles. The molecule has 2 amide bonds. The van der Waals surface area contributed by atoms with Gasteiger partial charge in [-0.2, -0.15) is 0 Å². The van der Waals surface area contributed by atoms with E-state index in [1.54, 1.807) is 18.3 Å². The van der Waals surface area contributed by atoms with Crippen LogP contribution < -0.4 is 16.6 Å². The van der Waals surface area contributed by atoms with Gasteiger partial charge in [0.05, 0.1) is 11.9 Å². The summed E-state index contributed by atoms with van der Waals surface area (Å²) in [6, 6.07) is 15.6. The molecular weight excluding hydrogens is 332 g/mol. The molecule has 0 aliphatic rings. The van der Waals surface area contributed by atoms with Crippen molar-refractivity contribution in [1.82, 2.24) is 9.55 Å². The van der Waals surface area contributed by atoms with Crippen molar-refractivity contribution in [2.75, 3.05) is 5.32 Å². The van der Waals surface area contributed by atoms with Crippen LogP contribution in [0, 0.1) is 0 Å². The Morgan fingerprint density at radius 1 is 1.04 bits per heavy atom. The highest BCUT2D eigenvalue weighted by Crippen LogP contribution is 2.14. The van der Waals surface area contributed by atoms with Crippen molar-refractivity contribution < 1.29 is 9.59 Å². The lowest BCUT2D eigenvalue weighted by Gasteiger charge is -2.09. The first-order valence-electron chi connectivity index (χ1n) is 7.84. The maximum absolute atomic E-state index is 12.2. The van der Waals surface area contributed by atoms with Crippen LogP contribution in [0.3, 0.4) is 0 Å². The highest BCUT2D eigenvalue weighted by atomic mass is 16.2. The van der Waals surface area contributed by atoms with Crippen molar-refractivity contribution in [3.8, 4) is 11.3 Å². The topological polar surface area (TPSA) is 107 Å². The number of hydrogen-bond acceptors (Lipinski definition) is 4. The molecule has 130 valence electrons. The Morgan fingerprint density at radius 2 is 1.73 bits per heavy atom. The lowest BCUT2D eigenvalue weighted by atomic mass is 10.2. The van der Waals surface area contributed by atoms with E-state index in [1.165, 1.54) is 22.9 Å². The maximum Gasteiger partial charge on any atom is 0.269 e. The third-order valence-electron chi connectivity index (χ3n) is 3.71. The summed E-state index contributed by atoms with van der Waals surface area (Å²) in [6.07, 6.45) is 2.74. The summed E-state index contributed by atoms with van der Waals surface area (Å²) in [5.74, 6) is -0.913. The number of hydrogen-bond donors (Lipinski definition) is 2. The minimum absolute atomic E-state index is 0.154. The number of anilines is 1. The Labute approximate surface area is 149 Å². The largest absolute Gasteiger partial charge is 0.366 e. The van der Waals surface area contributed by atoms with Crippen molar-refractivity contribution >= 4 is 17.5 Å². The second kappa shape index (κ2) is 7.43. The van der Waals surface area contributed by atoms with Crippen LogP contribution in [0.25, 0.3) is 11.3 Å². The van der Waals surface area contributed by atoms with E-state index in [0.29, 0.717) is 16.9 Å². The summed E-state index contributed by atoms with van der Waals surface area (Å²) < 4.78 is 1.29. The monoisotopic (exact) mass is 348 g/mol. The van der Waals surface area contributed by atoms with E-state index in [0.717, 1.165) is 5.56 Å². The van der Waals surface area contributed by atoms with E-state index in [1.807, 2.05) is 30.3 Å². The third kappa shape index (κ3) is 4.02. The average Bonchev–Trinajstić information content (AvgIpc) is 2.64. The predicted octanol–water partition coefficient (Wildman–Crippen LogP) is 1.65. The van der Waals surface area contributed by atoms with E-state index < -0.39 is 5.91 Å². The molecule has 0 fully saturated rings. The smallest absolute Gasteiger partial charge is 0.269 e. The minimum atomic E-state index is -0.542. The van der Waals surface area contributed by atoms with E-state index in [9.17, 15) is 14.4 Å². The molecule has 1 aromatic heterocycles. The molecule has 3 N–H and O–H groups in total. The Kier molecular flexibility index (Phi) is 4.89. The number of nitrogens with two attached hydrogens (primary N) is 1. The third-order valence-corrected chi connectivity index (χ3v) is 3.71. The summed E-state index contributed by atoms with van der Waals surface area (Å²) in [7, 11) is 0. The molecule has 0 spiro atoms. The standard InChI is InChI=1S/C19H16N4O3/c20-19(26)14-6-8-15(9-7-14)22-17(24)12-23-11-16(21-10-18(23)25)13-4-2-1-3-5-13/h1-11H,12H2,(H2,20,26)(H,22,24). The van der Waals surface area contributed by atoms with Gasteiger partial charge >= 0.3 is 0 Å². The van der Waals surface area contributed by atoms with Crippen molar-refractivity contribution in [1.29, 1.82) is 0 Å². The zero-order chi connectivity index (χ0) is 18.5. The van der Waals surface area contributed by atoms with Crippen LogP contribution in [-0.2, 0) is 11.3 Å². The lowest BCUT2D eigenvalue weighted by molar-refractivity contribution is -0.116. The van der Waals surface area contributed by atoms with Crippen LogP contribution in [0.2, 0.25) is 0 Å². The maximum atomic E-state index is 12.2. The predicted molar refractivity (Wildman–Crippen MR) is 97.5 cm³/mol. The highest BCUT2D eigenvalue weighted by Gasteiger charge is 2.08. The molecule has 26 heavy (non-hydrogen) atoms. The number of amides is 2. The molecular formula is C19H16N4O3. The average molecular weight is 348 g/mol. The highest BCUT2D eigenvalue weighted by molar-refractivity contribution is 5.94. The Balaban J connectivity index is 1.74. The number of benzene rings is 2. The summed E-state index contributed by atoms with van der Waals surface area (Å²) >= 11 is 0. The molecule has 0 saturated carbocycles. The van der Waals surface area contributed by atoms with Gasteiger partial charge in [-0.1, -0.05) is 30.3 Å². The number of aromatic nitrogens is 2. The Hall–Kier alpha value is -3.74. The van der Waals surface area contributed by atoms with Gasteiger partial charge in [-0.15, -0.1) is 0 Å². The van der Waals surface area contributed by atoms with Gasteiger partial charge in [0.1, 0.15) is 6.54 Å². The van der Waals surface area contributed by atoms with Gasteiger partial charge in [-0.25, -0.2) is 4.98 Å². The second-order valence-electron chi connectivity index (χ2n) is 5.59. The van der Waals surface area contributed by atoms with Crippen molar-refractivity contribution in [2.24, 2.45) is 5.73 Å². The second-order valence-corrected chi connectivity index (χ2v) is 5.59. The van der Waals surface area contributed by atoms with Crippen LogP contribution >= 0.6 is 0 Å². The van der Waals surface area contributed by atoms with E-state index in [4.69, 9.17) is 5.73 Å². The van der Waals surface area contributed by atoms with Crippen molar-refractivity contribution in [3.05, 3.63) is 82.9 Å². The number of carbonyl (C=O) groups excluding carboxylic acids is 2. The van der Waals surface area contributed by atoms with Crippen molar-refractivity contribution in [3.63, 3.8) is 0 Å². The van der Waals surface area contributed by atoms with Gasteiger partial charge in [-0.3, -0.25) is 14.4 Å². The molecule has 7 heteroatoms. The molecule has 0 bridgehead atoms. The molecule has 3 aromatic rings. The van der Waals surface area contributed by atoms with Crippen molar-refractivity contribution in [2.45, 2.75) is 6.54 Å². The van der Waals surface area contributed by atoms with Crippen LogP contribution in [0.15, 0.2) is 71.8 Å². The molecule has 1 heterocycles. The fraction of sp³-hybridized carbons (Fsp3) is 0.0526. The normalized spacial score (nSPS) is 10.3. The molecule has 0 aliphatic heterocycles. The van der Waals surface area contributed by atoms with Gasteiger partial charge in [0, 0.05) is 23.0 Å². The molecule has 7 nitrogen and oxygen atoms in total. The summed E-state index contributed by atoms with van der Waals surface area (Å²) in [4.78, 5) is 39.4. The van der Waals surface area contributed by atoms with Crippen LogP contribution in [0.1, 0.15) is 10.4 Å². The SMILES string of the molecule is NC(=O)c1ccc(NC(=O)Cn2cc(-c3ccccc3)ncc2=O)cc1. The van der Waals surface area contributed by atoms with E-state index in [2.05, 4.69) is 10.3 Å². The first-order chi connectivity index (χ1) is 12.5. The molecule has 0 radical (unpaired) electrons. The molecule has 0 saturated heterocycles. The molecule has 0 atom stereocenters. The van der Waals surface area contributed by atoms with Gasteiger partial charge < -0.3 is 15.6 Å². The summed E-state index contributed by atoms with van der Waals surface area (Å²) in [5, 5.41) is 2.67.